The van der Waals surface area contributed by atoms with Gasteiger partial charge < -0.3 is 10.4 Å². The van der Waals surface area contributed by atoms with Gasteiger partial charge in [0.15, 0.2) is 0 Å². The molecule has 0 aliphatic heterocycles. The van der Waals surface area contributed by atoms with Gasteiger partial charge >= 0.3 is 6.09 Å². The van der Waals surface area contributed by atoms with E-state index in [9.17, 15) is 4.79 Å². The molecule has 2 unspecified atom stereocenters. The third kappa shape index (κ3) is 6.62. The second-order valence-corrected chi connectivity index (χ2v) is 3.22. The molecule has 3 nitrogen and oxygen atoms in total. The third-order valence-electron chi connectivity index (χ3n) is 1.40. The van der Waals surface area contributed by atoms with Crippen LogP contribution in [0.5, 0.6) is 0 Å². The number of carboxylic acid groups (broad SMARTS) is 1. The maximum Gasteiger partial charge on any atom is 0.405 e. The second-order valence-electron chi connectivity index (χ2n) is 2.24. The van der Waals surface area contributed by atoms with Crippen molar-refractivity contribution in [2.75, 3.05) is 0 Å². The van der Waals surface area contributed by atoms with Crippen molar-refractivity contribution in [2.45, 2.75) is 25.2 Å². The minimum atomic E-state index is -0.984. The van der Waals surface area contributed by atoms with E-state index < -0.39 is 6.09 Å². The molecule has 0 aromatic rings. The zero-order valence-corrected chi connectivity index (χ0v) is 9.80. The van der Waals surface area contributed by atoms with Gasteiger partial charge in [0, 0.05) is 0 Å². The molecule has 1 amide bonds. The molecule has 0 saturated carbocycles. The summed E-state index contributed by atoms with van der Waals surface area (Å²) in [7, 11) is 0. The van der Waals surface area contributed by atoms with Crippen LogP contribution in [0.1, 0.15) is 20.3 Å². The van der Waals surface area contributed by atoms with E-state index in [1.54, 1.807) is 0 Å². The maximum absolute atomic E-state index is 10.1. The van der Waals surface area contributed by atoms with Gasteiger partial charge in [0.2, 0.25) is 0 Å². The standard InChI is InChI=1S/C6H12BrNO2.BrH/c1-3-4(2)5(7)8-6(9)10;/h4-5,8H,3H2,1-2H3,(H,9,10);1H. The Morgan fingerprint density at radius 2 is 2.18 bits per heavy atom. The van der Waals surface area contributed by atoms with Crippen LogP contribution >= 0.6 is 32.9 Å². The van der Waals surface area contributed by atoms with Crippen LogP contribution in [0.25, 0.3) is 0 Å². The van der Waals surface area contributed by atoms with E-state index in [1.165, 1.54) is 0 Å². The van der Waals surface area contributed by atoms with Crippen molar-refractivity contribution in [3.63, 3.8) is 0 Å². The number of alkyl halides is 1. The van der Waals surface area contributed by atoms with E-state index in [2.05, 4.69) is 21.2 Å². The quantitative estimate of drug-likeness (QED) is 0.620. The van der Waals surface area contributed by atoms with Crippen molar-refractivity contribution in [2.24, 2.45) is 5.92 Å². The van der Waals surface area contributed by atoms with Crippen LogP contribution in [0.4, 0.5) is 4.79 Å². The van der Waals surface area contributed by atoms with Gasteiger partial charge in [-0.05, 0) is 5.92 Å². The largest absolute Gasteiger partial charge is 0.465 e. The Kier molecular flexibility index (Phi) is 8.67. The minimum Gasteiger partial charge on any atom is -0.465 e. The molecule has 0 aromatic heterocycles. The lowest BCUT2D eigenvalue weighted by molar-refractivity contribution is 0.191. The molecule has 0 aromatic carbocycles. The molecule has 0 heterocycles. The molecule has 0 rings (SSSR count). The van der Waals surface area contributed by atoms with Crippen LogP contribution in [0, 0.1) is 5.92 Å². The molecule has 0 bridgehead atoms. The summed E-state index contributed by atoms with van der Waals surface area (Å²) in [5, 5.41) is 10.6. The predicted octanol–water partition coefficient (Wildman–Crippen LogP) is 2.60. The molecule has 11 heavy (non-hydrogen) atoms. The first-order chi connectivity index (χ1) is 4.57. The Hall–Kier alpha value is 0.230. The number of nitrogens with one attached hydrogen (secondary N) is 1. The fraction of sp³-hybridized carbons (Fsp3) is 0.833. The summed E-state index contributed by atoms with van der Waals surface area (Å²) in [5.41, 5.74) is 0. The highest BCUT2D eigenvalue weighted by Gasteiger charge is 2.12. The van der Waals surface area contributed by atoms with Crippen LogP contribution in [0.2, 0.25) is 0 Å². The van der Waals surface area contributed by atoms with Gasteiger partial charge in [0.1, 0.15) is 0 Å². The van der Waals surface area contributed by atoms with E-state index in [-0.39, 0.29) is 21.9 Å². The molecular weight excluding hydrogens is 278 g/mol. The zero-order chi connectivity index (χ0) is 8.15. The highest BCUT2D eigenvalue weighted by Crippen LogP contribution is 2.12. The zero-order valence-electron chi connectivity index (χ0n) is 6.50. The molecule has 0 fully saturated rings. The summed E-state index contributed by atoms with van der Waals surface area (Å²) in [4.78, 5) is 9.96. The van der Waals surface area contributed by atoms with Crippen LogP contribution in [-0.4, -0.2) is 16.2 Å². The van der Waals surface area contributed by atoms with Gasteiger partial charge in [0.05, 0.1) is 4.95 Å². The van der Waals surface area contributed by atoms with Crippen molar-refractivity contribution in [3.8, 4) is 0 Å². The van der Waals surface area contributed by atoms with Crippen LogP contribution < -0.4 is 5.32 Å². The first kappa shape index (κ1) is 13.8. The first-order valence-electron chi connectivity index (χ1n) is 3.21. The number of halogens is 2. The normalized spacial score (nSPS) is 14.5. The third-order valence-corrected chi connectivity index (χ3v) is 2.54. The van der Waals surface area contributed by atoms with Gasteiger partial charge in [-0.15, -0.1) is 17.0 Å². The van der Waals surface area contributed by atoms with Crippen molar-refractivity contribution in [1.82, 2.24) is 5.32 Å². The summed E-state index contributed by atoms with van der Waals surface area (Å²) < 4.78 is 0. The minimum absolute atomic E-state index is 0. The molecule has 68 valence electrons. The fourth-order valence-electron chi connectivity index (χ4n) is 0.467. The summed E-state index contributed by atoms with van der Waals surface area (Å²) >= 11 is 3.21. The van der Waals surface area contributed by atoms with Gasteiger partial charge in [-0.2, -0.15) is 0 Å². The smallest absolute Gasteiger partial charge is 0.405 e. The lowest BCUT2D eigenvalue weighted by atomic mass is 10.1. The first-order valence-corrected chi connectivity index (χ1v) is 4.13. The van der Waals surface area contributed by atoms with Gasteiger partial charge in [-0.25, -0.2) is 4.79 Å². The lowest BCUT2D eigenvalue weighted by Gasteiger charge is -2.15. The number of amides is 1. The average molecular weight is 291 g/mol. The number of hydrogen-bond donors (Lipinski definition) is 2. The highest BCUT2D eigenvalue weighted by atomic mass is 79.9. The molecule has 0 saturated heterocycles. The van der Waals surface area contributed by atoms with Crippen LogP contribution in [-0.2, 0) is 0 Å². The Balaban J connectivity index is 0. The van der Waals surface area contributed by atoms with Crippen molar-refractivity contribution >= 4 is 39.0 Å². The van der Waals surface area contributed by atoms with Crippen molar-refractivity contribution in [1.29, 1.82) is 0 Å². The van der Waals surface area contributed by atoms with Gasteiger partial charge in [-0.1, -0.05) is 36.2 Å². The Morgan fingerprint density at radius 1 is 1.73 bits per heavy atom. The molecular formula is C6H13Br2NO2. The number of carbonyl (C=O) groups is 1. The van der Waals surface area contributed by atoms with Crippen LogP contribution in [0.15, 0.2) is 0 Å². The Bertz CT molecular complexity index is 121. The summed E-state index contributed by atoms with van der Waals surface area (Å²) in [6, 6.07) is 0. The van der Waals surface area contributed by atoms with E-state index >= 15 is 0 Å². The van der Waals surface area contributed by atoms with E-state index in [1.807, 2.05) is 13.8 Å². The van der Waals surface area contributed by atoms with Gasteiger partial charge in [0.25, 0.3) is 0 Å². The topological polar surface area (TPSA) is 49.3 Å². The van der Waals surface area contributed by atoms with E-state index in [4.69, 9.17) is 5.11 Å². The number of rotatable bonds is 3. The summed E-state index contributed by atoms with van der Waals surface area (Å²) in [6.07, 6.45) is -0.0295. The molecule has 0 spiro atoms. The van der Waals surface area contributed by atoms with Gasteiger partial charge in [-0.3, -0.25) is 0 Å². The fourth-order valence-corrected chi connectivity index (χ4v) is 1.04. The van der Waals surface area contributed by atoms with Crippen LogP contribution in [0.3, 0.4) is 0 Å². The Labute approximate surface area is 85.4 Å². The lowest BCUT2D eigenvalue weighted by Crippen LogP contribution is -2.33. The van der Waals surface area contributed by atoms with Crippen molar-refractivity contribution < 1.29 is 9.90 Å². The SMILES string of the molecule is Br.CCC(C)C(Br)NC(=O)O. The molecule has 0 aliphatic rings. The molecule has 0 aliphatic carbocycles. The molecule has 0 radical (unpaired) electrons. The Morgan fingerprint density at radius 3 is 2.45 bits per heavy atom. The molecule has 2 N–H and O–H groups in total. The highest BCUT2D eigenvalue weighted by molar-refractivity contribution is 9.09. The summed E-state index contributed by atoms with van der Waals surface area (Å²) in [6.45, 7) is 4.00. The van der Waals surface area contributed by atoms with E-state index in [0.717, 1.165) is 6.42 Å². The summed E-state index contributed by atoms with van der Waals surface area (Å²) in [5.74, 6) is 0.330. The predicted molar refractivity (Wildman–Crippen MR) is 53.7 cm³/mol. The average Bonchev–Trinajstić information content (AvgIpc) is 1.85. The molecule has 2 atom stereocenters. The molecule has 5 heteroatoms. The van der Waals surface area contributed by atoms with E-state index in [0.29, 0.717) is 5.92 Å². The monoisotopic (exact) mass is 289 g/mol. The maximum atomic E-state index is 10.1. The second kappa shape index (κ2) is 6.91. The number of hydrogen-bond acceptors (Lipinski definition) is 1. The van der Waals surface area contributed by atoms with Crippen molar-refractivity contribution in [3.05, 3.63) is 0 Å².